The van der Waals surface area contributed by atoms with Gasteiger partial charge in [0, 0.05) is 12.8 Å². The van der Waals surface area contributed by atoms with Crippen LogP contribution in [0.1, 0.15) is 26.7 Å². The molecule has 0 spiro atoms. The molecule has 0 aliphatic rings. The van der Waals surface area contributed by atoms with E-state index >= 15 is 0 Å². The molecule has 0 unspecified atom stereocenters. The van der Waals surface area contributed by atoms with Gasteiger partial charge in [0.1, 0.15) is 0 Å². The molecule has 0 amide bonds. The molecule has 0 bridgehead atoms. The molecule has 0 saturated heterocycles. The summed E-state index contributed by atoms with van der Waals surface area (Å²) in [5.74, 6) is -2.90. The molecule has 0 rings (SSSR count). The Hall–Kier alpha value is -0.610. The van der Waals surface area contributed by atoms with E-state index < -0.39 is 11.9 Å². The van der Waals surface area contributed by atoms with Crippen molar-refractivity contribution in [2.75, 3.05) is 0 Å². The highest BCUT2D eigenvalue weighted by atomic mass is 16.8. The van der Waals surface area contributed by atoms with Gasteiger partial charge in [0.2, 0.25) is 0 Å². The number of carbonyl (C=O) groups is 1. The van der Waals surface area contributed by atoms with E-state index in [9.17, 15) is 4.79 Å². The standard InChI is InChI=1S/C6H12O4/c1-3-5(7)10-6(8,9)4-2/h8-9H,3-4H2,1-2H3. The second-order valence-corrected chi connectivity index (χ2v) is 1.92. The maximum Gasteiger partial charge on any atom is 0.323 e. The molecular formula is C6H12O4. The summed E-state index contributed by atoms with van der Waals surface area (Å²) in [4.78, 5) is 10.4. The van der Waals surface area contributed by atoms with Gasteiger partial charge in [-0.25, -0.2) is 0 Å². The Balaban J connectivity index is 3.76. The smallest absolute Gasteiger partial charge is 0.323 e. The number of hydrogen-bond donors (Lipinski definition) is 2. The molecular weight excluding hydrogens is 136 g/mol. The fourth-order valence-corrected chi connectivity index (χ4v) is 0.327. The molecule has 0 aliphatic carbocycles. The number of hydrogen-bond acceptors (Lipinski definition) is 4. The minimum atomic E-state index is -2.28. The van der Waals surface area contributed by atoms with Crippen molar-refractivity contribution in [2.24, 2.45) is 0 Å². The van der Waals surface area contributed by atoms with Crippen molar-refractivity contribution in [2.45, 2.75) is 32.7 Å². The first kappa shape index (κ1) is 9.39. The van der Waals surface area contributed by atoms with Crippen molar-refractivity contribution in [3.05, 3.63) is 0 Å². The van der Waals surface area contributed by atoms with E-state index in [2.05, 4.69) is 4.74 Å². The topological polar surface area (TPSA) is 66.8 Å². The van der Waals surface area contributed by atoms with Crippen molar-refractivity contribution in [1.82, 2.24) is 0 Å². The van der Waals surface area contributed by atoms with E-state index in [1.165, 1.54) is 6.92 Å². The summed E-state index contributed by atoms with van der Waals surface area (Å²) in [5, 5.41) is 17.5. The van der Waals surface area contributed by atoms with Gasteiger partial charge in [-0.2, -0.15) is 0 Å². The fraction of sp³-hybridized carbons (Fsp3) is 0.833. The van der Waals surface area contributed by atoms with Crippen LogP contribution in [0.5, 0.6) is 0 Å². The molecule has 0 aromatic carbocycles. The largest absolute Gasteiger partial charge is 0.408 e. The molecule has 0 aromatic rings. The van der Waals surface area contributed by atoms with Crippen LogP contribution in [0.3, 0.4) is 0 Å². The summed E-state index contributed by atoms with van der Waals surface area (Å²) in [5.41, 5.74) is 0. The zero-order valence-corrected chi connectivity index (χ0v) is 6.13. The van der Waals surface area contributed by atoms with Crippen LogP contribution in [0.15, 0.2) is 0 Å². The van der Waals surface area contributed by atoms with Crippen molar-refractivity contribution in [3.8, 4) is 0 Å². The molecule has 10 heavy (non-hydrogen) atoms. The first-order valence-electron chi connectivity index (χ1n) is 3.18. The Labute approximate surface area is 59.4 Å². The number of carbonyl (C=O) groups excluding carboxylic acids is 1. The van der Waals surface area contributed by atoms with Gasteiger partial charge in [-0.1, -0.05) is 13.8 Å². The average molecular weight is 148 g/mol. The molecule has 2 N–H and O–H groups in total. The van der Waals surface area contributed by atoms with Gasteiger partial charge in [0.15, 0.2) is 0 Å². The Kier molecular flexibility index (Phi) is 3.32. The van der Waals surface area contributed by atoms with Crippen LogP contribution in [0.25, 0.3) is 0 Å². The molecule has 60 valence electrons. The lowest BCUT2D eigenvalue weighted by Gasteiger charge is -2.18. The lowest BCUT2D eigenvalue weighted by molar-refractivity contribution is -0.319. The third kappa shape index (κ3) is 3.42. The minimum Gasteiger partial charge on any atom is -0.408 e. The molecule has 0 atom stereocenters. The zero-order valence-electron chi connectivity index (χ0n) is 6.13. The third-order valence-electron chi connectivity index (χ3n) is 1.03. The molecule has 0 aromatic heterocycles. The highest BCUT2D eigenvalue weighted by Crippen LogP contribution is 2.07. The first-order valence-corrected chi connectivity index (χ1v) is 3.18. The van der Waals surface area contributed by atoms with E-state index in [-0.39, 0.29) is 12.8 Å². The highest BCUT2D eigenvalue weighted by Gasteiger charge is 2.24. The lowest BCUT2D eigenvalue weighted by Crippen LogP contribution is -2.33. The summed E-state index contributed by atoms with van der Waals surface area (Å²) < 4.78 is 4.21. The van der Waals surface area contributed by atoms with Crippen molar-refractivity contribution >= 4 is 5.97 Å². The highest BCUT2D eigenvalue weighted by molar-refractivity contribution is 5.69. The summed E-state index contributed by atoms with van der Waals surface area (Å²) in [7, 11) is 0. The van der Waals surface area contributed by atoms with Crippen LogP contribution >= 0.6 is 0 Å². The second kappa shape index (κ2) is 3.53. The Morgan fingerprint density at radius 1 is 1.50 bits per heavy atom. The summed E-state index contributed by atoms with van der Waals surface area (Å²) in [6.07, 6.45) is 0.113. The van der Waals surface area contributed by atoms with Gasteiger partial charge in [0.05, 0.1) is 0 Å². The van der Waals surface area contributed by atoms with Gasteiger partial charge in [-0.15, -0.1) is 0 Å². The number of esters is 1. The van der Waals surface area contributed by atoms with Crippen LogP contribution in [0.2, 0.25) is 0 Å². The van der Waals surface area contributed by atoms with Crippen LogP contribution in [0, 0.1) is 0 Å². The van der Waals surface area contributed by atoms with Gasteiger partial charge in [-0.05, 0) is 0 Å². The molecule has 0 radical (unpaired) electrons. The van der Waals surface area contributed by atoms with E-state index in [0.29, 0.717) is 0 Å². The Morgan fingerprint density at radius 3 is 2.30 bits per heavy atom. The van der Waals surface area contributed by atoms with E-state index in [1.807, 2.05) is 0 Å². The number of ether oxygens (including phenoxy) is 1. The van der Waals surface area contributed by atoms with Gasteiger partial charge < -0.3 is 14.9 Å². The van der Waals surface area contributed by atoms with Crippen molar-refractivity contribution < 1.29 is 19.7 Å². The molecule has 0 heterocycles. The van der Waals surface area contributed by atoms with Crippen LogP contribution in [0.4, 0.5) is 0 Å². The second-order valence-electron chi connectivity index (χ2n) is 1.92. The Bertz CT molecular complexity index is 119. The molecule has 0 saturated carbocycles. The summed E-state index contributed by atoms with van der Waals surface area (Å²) in [6, 6.07) is 0. The maximum absolute atomic E-state index is 10.4. The van der Waals surface area contributed by atoms with Crippen molar-refractivity contribution in [1.29, 1.82) is 0 Å². The van der Waals surface area contributed by atoms with Crippen LogP contribution < -0.4 is 0 Å². The molecule has 4 nitrogen and oxygen atoms in total. The zero-order chi connectivity index (χ0) is 8.20. The van der Waals surface area contributed by atoms with Crippen LogP contribution in [-0.4, -0.2) is 22.2 Å². The predicted molar refractivity (Wildman–Crippen MR) is 33.8 cm³/mol. The number of rotatable bonds is 3. The Morgan fingerprint density at radius 2 is 2.00 bits per heavy atom. The monoisotopic (exact) mass is 148 g/mol. The van der Waals surface area contributed by atoms with E-state index in [4.69, 9.17) is 10.2 Å². The van der Waals surface area contributed by atoms with Crippen molar-refractivity contribution in [3.63, 3.8) is 0 Å². The molecule has 0 aliphatic heterocycles. The van der Waals surface area contributed by atoms with Gasteiger partial charge in [-0.3, -0.25) is 4.79 Å². The minimum absolute atomic E-state index is 0.0290. The fourth-order valence-electron chi connectivity index (χ4n) is 0.327. The SMILES string of the molecule is CCC(=O)OC(O)(O)CC. The molecule has 0 fully saturated rings. The predicted octanol–water partition coefficient (Wildman–Crippen LogP) is -0.0120. The summed E-state index contributed by atoms with van der Waals surface area (Å²) in [6.45, 7) is 3.08. The van der Waals surface area contributed by atoms with E-state index in [0.717, 1.165) is 0 Å². The first-order chi connectivity index (χ1) is 4.52. The van der Waals surface area contributed by atoms with Gasteiger partial charge >= 0.3 is 11.9 Å². The van der Waals surface area contributed by atoms with Crippen LogP contribution in [-0.2, 0) is 9.53 Å². The van der Waals surface area contributed by atoms with E-state index in [1.54, 1.807) is 6.92 Å². The third-order valence-corrected chi connectivity index (χ3v) is 1.03. The van der Waals surface area contributed by atoms with Gasteiger partial charge in [0.25, 0.3) is 0 Å². The quantitative estimate of drug-likeness (QED) is 0.436. The maximum atomic E-state index is 10.4. The number of aliphatic hydroxyl groups is 2. The molecule has 4 heteroatoms. The average Bonchev–Trinajstić information content (AvgIpc) is 1.87. The normalized spacial score (nSPS) is 11.2. The summed E-state index contributed by atoms with van der Waals surface area (Å²) >= 11 is 0. The lowest BCUT2D eigenvalue weighted by atomic mass is 10.4.